The topological polar surface area (TPSA) is 35.5 Å². The van der Waals surface area contributed by atoms with Crippen LogP contribution < -0.4 is 4.43 Å². The van der Waals surface area contributed by atoms with Gasteiger partial charge in [-0.05, 0) is 54.6 Å². The molecule has 0 aliphatic heterocycles. The van der Waals surface area contributed by atoms with Gasteiger partial charge in [0.25, 0.3) is 0 Å². The van der Waals surface area contributed by atoms with Crippen molar-refractivity contribution in [2.24, 2.45) is 5.92 Å². The van der Waals surface area contributed by atoms with Crippen LogP contribution in [0.5, 0.6) is 5.75 Å². The summed E-state index contributed by atoms with van der Waals surface area (Å²) in [6.45, 7) is 10.9. The molecule has 1 aromatic carbocycles. The van der Waals surface area contributed by atoms with Crippen LogP contribution in [0.3, 0.4) is 0 Å². The molecular weight excluding hydrogens is 323 g/mol. The molecule has 0 spiro atoms. The van der Waals surface area contributed by atoms with Crippen molar-refractivity contribution in [3.8, 4) is 5.75 Å². The van der Waals surface area contributed by atoms with Gasteiger partial charge in [-0.2, -0.15) is 0 Å². The van der Waals surface area contributed by atoms with E-state index >= 15 is 0 Å². The lowest BCUT2D eigenvalue weighted by Gasteiger charge is -2.36. The highest BCUT2D eigenvalue weighted by molar-refractivity contribution is 6.74. The third-order valence-electron chi connectivity index (χ3n) is 5.29. The molecule has 1 aliphatic carbocycles. The zero-order valence-electron chi connectivity index (χ0n) is 15.6. The van der Waals surface area contributed by atoms with Crippen LogP contribution in [-0.2, 0) is 9.53 Å². The number of benzene rings is 1. The van der Waals surface area contributed by atoms with Gasteiger partial charge in [-0.1, -0.05) is 32.9 Å². The molecule has 2 rings (SSSR count). The Morgan fingerprint density at radius 3 is 2.42 bits per heavy atom. The van der Waals surface area contributed by atoms with Gasteiger partial charge in [-0.3, -0.25) is 0 Å². The standard InChI is InChI=1S/C19H29FO3Si/c1-19(2,3)24(5,6)23-15-9-7-8-14(12-15)16(13-10-11-13)17(20)18(21)22-4/h7-9,12-13,16-17H,10-11H2,1-6H3/t16-,17?/m0/s1. The Hall–Kier alpha value is -1.36. The summed E-state index contributed by atoms with van der Waals surface area (Å²) >= 11 is 0. The maximum Gasteiger partial charge on any atom is 0.341 e. The Kier molecular flexibility index (Phi) is 5.43. The Balaban J connectivity index is 2.26. The van der Waals surface area contributed by atoms with E-state index in [0.717, 1.165) is 24.2 Å². The number of esters is 1. The van der Waals surface area contributed by atoms with E-state index in [-0.39, 0.29) is 11.0 Å². The highest BCUT2D eigenvalue weighted by Gasteiger charge is 2.42. The summed E-state index contributed by atoms with van der Waals surface area (Å²) in [5.74, 6) is -0.257. The van der Waals surface area contributed by atoms with Crippen LogP contribution in [0, 0.1) is 5.92 Å². The molecule has 0 saturated heterocycles. The minimum atomic E-state index is -1.96. The number of hydrogen-bond acceptors (Lipinski definition) is 3. The van der Waals surface area contributed by atoms with E-state index in [4.69, 9.17) is 4.43 Å². The molecule has 1 aromatic rings. The molecule has 0 aromatic heterocycles. The molecule has 0 bridgehead atoms. The van der Waals surface area contributed by atoms with Gasteiger partial charge in [0.15, 0.2) is 0 Å². The average molecular weight is 353 g/mol. The maximum atomic E-state index is 14.6. The van der Waals surface area contributed by atoms with Gasteiger partial charge in [0.1, 0.15) is 5.75 Å². The maximum absolute atomic E-state index is 14.6. The summed E-state index contributed by atoms with van der Waals surface area (Å²) < 4.78 is 25.5. The van der Waals surface area contributed by atoms with E-state index < -0.39 is 26.4 Å². The van der Waals surface area contributed by atoms with E-state index in [2.05, 4.69) is 38.6 Å². The summed E-state index contributed by atoms with van der Waals surface area (Å²) in [5, 5.41) is 0.0908. The van der Waals surface area contributed by atoms with Crippen LogP contribution in [0.25, 0.3) is 0 Å². The van der Waals surface area contributed by atoms with Crippen molar-refractivity contribution in [2.45, 2.75) is 63.8 Å². The van der Waals surface area contributed by atoms with E-state index in [9.17, 15) is 9.18 Å². The summed E-state index contributed by atoms with van der Waals surface area (Å²) in [6.07, 6.45) is 0.288. The van der Waals surface area contributed by atoms with Crippen molar-refractivity contribution in [3.63, 3.8) is 0 Å². The highest BCUT2D eigenvalue weighted by Crippen LogP contribution is 2.46. The van der Waals surface area contributed by atoms with Gasteiger partial charge in [-0.15, -0.1) is 0 Å². The van der Waals surface area contributed by atoms with Crippen LogP contribution in [0.2, 0.25) is 18.1 Å². The van der Waals surface area contributed by atoms with E-state index in [1.807, 2.05) is 24.3 Å². The highest BCUT2D eigenvalue weighted by atomic mass is 28.4. The lowest BCUT2D eigenvalue weighted by Crippen LogP contribution is -2.43. The fourth-order valence-corrected chi connectivity index (χ4v) is 3.65. The van der Waals surface area contributed by atoms with Crippen molar-refractivity contribution in [1.29, 1.82) is 0 Å². The summed E-state index contributed by atoms with van der Waals surface area (Å²) in [7, 11) is -0.724. The number of halogens is 1. The predicted molar refractivity (Wildman–Crippen MR) is 96.6 cm³/mol. The molecule has 1 fully saturated rings. The number of ether oxygens (including phenoxy) is 1. The van der Waals surface area contributed by atoms with Crippen molar-refractivity contribution >= 4 is 14.3 Å². The molecule has 0 amide bonds. The first-order chi connectivity index (χ1) is 11.1. The van der Waals surface area contributed by atoms with Crippen LogP contribution in [0.1, 0.15) is 45.1 Å². The molecule has 0 radical (unpaired) electrons. The minimum absolute atomic E-state index is 0.0908. The first-order valence-corrected chi connectivity index (χ1v) is 11.5. The fraction of sp³-hybridized carbons (Fsp3) is 0.632. The zero-order chi connectivity index (χ0) is 18.1. The normalized spacial score (nSPS) is 18.0. The SMILES string of the molecule is COC(=O)C(F)[C@H](c1cccc(O[Si](C)(C)C(C)(C)C)c1)C1CC1. The Bertz CT molecular complexity index is 591. The number of carbonyl (C=O) groups is 1. The van der Waals surface area contributed by atoms with Gasteiger partial charge in [0.05, 0.1) is 7.11 Å². The second kappa shape index (κ2) is 6.87. The average Bonchev–Trinajstić information content (AvgIpc) is 3.30. The minimum Gasteiger partial charge on any atom is -0.543 e. The molecule has 5 heteroatoms. The second-order valence-corrected chi connectivity index (χ2v) is 12.9. The lowest BCUT2D eigenvalue weighted by molar-refractivity contribution is -0.147. The molecule has 134 valence electrons. The number of methoxy groups -OCH3 is 1. The smallest absolute Gasteiger partial charge is 0.341 e. The van der Waals surface area contributed by atoms with Crippen LogP contribution in [-0.4, -0.2) is 27.6 Å². The number of rotatable bonds is 6. The largest absolute Gasteiger partial charge is 0.543 e. The van der Waals surface area contributed by atoms with Crippen molar-refractivity contribution in [1.82, 2.24) is 0 Å². The summed E-state index contributed by atoms with van der Waals surface area (Å²) in [4.78, 5) is 11.7. The first kappa shape index (κ1) is 19.0. The Labute approximate surface area is 145 Å². The number of carbonyl (C=O) groups excluding carboxylic acids is 1. The first-order valence-electron chi connectivity index (χ1n) is 8.57. The molecule has 3 nitrogen and oxygen atoms in total. The van der Waals surface area contributed by atoms with E-state index in [1.54, 1.807) is 0 Å². The number of hydrogen-bond donors (Lipinski definition) is 0. The van der Waals surface area contributed by atoms with E-state index in [1.165, 1.54) is 7.11 Å². The van der Waals surface area contributed by atoms with Crippen LogP contribution >= 0.6 is 0 Å². The Morgan fingerprint density at radius 2 is 1.92 bits per heavy atom. The molecule has 0 N–H and O–H groups in total. The zero-order valence-corrected chi connectivity index (χ0v) is 16.6. The van der Waals surface area contributed by atoms with Crippen molar-refractivity contribution in [2.75, 3.05) is 7.11 Å². The quantitative estimate of drug-likeness (QED) is 0.529. The predicted octanol–water partition coefficient (Wildman–Crippen LogP) is 5.08. The summed E-state index contributed by atoms with van der Waals surface area (Å²) in [5.41, 5.74) is 0.826. The van der Waals surface area contributed by atoms with E-state index in [0.29, 0.717) is 0 Å². The third kappa shape index (κ3) is 4.18. The van der Waals surface area contributed by atoms with Gasteiger partial charge < -0.3 is 9.16 Å². The molecule has 24 heavy (non-hydrogen) atoms. The molecule has 1 unspecified atom stereocenters. The van der Waals surface area contributed by atoms with Crippen LogP contribution in [0.4, 0.5) is 4.39 Å². The summed E-state index contributed by atoms with van der Waals surface area (Å²) in [6, 6.07) is 7.59. The molecular formula is C19H29FO3Si. The van der Waals surface area contributed by atoms with Crippen molar-refractivity contribution in [3.05, 3.63) is 29.8 Å². The molecule has 1 aliphatic rings. The third-order valence-corrected chi connectivity index (χ3v) is 9.65. The molecule has 2 atom stereocenters. The lowest BCUT2D eigenvalue weighted by atomic mass is 9.89. The van der Waals surface area contributed by atoms with Gasteiger partial charge in [0.2, 0.25) is 14.5 Å². The second-order valence-electron chi connectivity index (χ2n) is 8.22. The van der Waals surface area contributed by atoms with Crippen LogP contribution in [0.15, 0.2) is 24.3 Å². The molecule has 1 saturated carbocycles. The van der Waals surface area contributed by atoms with Gasteiger partial charge in [-0.25, -0.2) is 9.18 Å². The van der Waals surface area contributed by atoms with Gasteiger partial charge in [0, 0.05) is 5.92 Å². The monoisotopic (exact) mass is 352 g/mol. The fourth-order valence-electron chi connectivity index (χ4n) is 2.63. The van der Waals surface area contributed by atoms with Gasteiger partial charge >= 0.3 is 5.97 Å². The number of alkyl halides is 1. The molecule has 0 heterocycles. The van der Waals surface area contributed by atoms with Crippen molar-refractivity contribution < 1.29 is 18.3 Å². The Morgan fingerprint density at radius 1 is 1.29 bits per heavy atom.